The lowest BCUT2D eigenvalue weighted by atomic mass is 10.1. The van der Waals surface area contributed by atoms with Crippen molar-refractivity contribution in [2.24, 2.45) is 0 Å². The first-order valence-electron chi connectivity index (χ1n) is 4.87. The molecule has 1 aromatic rings. The van der Waals surface area contributed by atoms with Crippen LogP contribution in [0.5, 0.6) is 0 Å². The van der Waals surface area contributed by atoms with Gasteiger partial charge in [0.05, 0.1) is 29.3 Å². The molecule has 92 valence electrons. The quantitative estimate of drug-likeness (QED) is 0.519. The fourth-order valence-corrected chi connectivity index (χ4v) is 3.44. The van der Waals surface area contributed by atoms with Gasteiger partial charge in [-0.1, -0.05) is 0 Å². The summed E-state index contributed by atoms with van der Waals surface area (Å²) in [5, 5.41) is 21.6. The number of hydrogen-bond donors (Lipinski definition) is 2. The zero-order valence-electron chi connectivity index (χ0n) is 9.10. The van der Waals surface area contributed by atoms with E-state index in [1.165, 1.54) is 0 Å². The Morgan fingerprint density at radius 2 is 2.24 bits per heavy atom. The Morgan fingerprint density at radius 1 is 1.59 bits per heavy atom. The van der Waals surface area contributed by atoms with Crippen LogP contribution in [-0.2, 0) is 0 Å². The molecule has 6 heteroatoms. The molecule has 1 rings (SSSR count). The van der Waals surface area contributed by atoms with Crippen LogP contribution in [0.15, 0.2) is 6.07 Å². The number of hydrogen-bond acceptors (Lipinski definition) is 3. The third-order valence-electron chi connectivity index (χ3n) is 2.28. The van der Waals surface area contributed by atoms with E-state index in [2.05, 4.69) is 56.6 Å². The summed E-state index contributed by atoms with van der Waals surface area (Å²) in [6.45, 7) is 2.32. The van der Waals surface area contributed by atoms with Crippen molar-refractivity contribution >= 4 is 62.5 Å². The SMILES string of the molecule is Cc1c(C#N)cc(I)c(NCC(O)CCl)c1I. The largest absolute Gasteiger partial charge is 0.390 e. The molecule has 3 nitrogen and oxygen atoms in total. The van der Waals surface area contributed by atoms with Gasteiger partial charge in [0.2, 0.25) is 0 Å². The Hall–Kier alpha value is 0.220. The number of rotatable bonds is 4. The third-order valence-corrected chi connectivity index (χ3v) is 4.83. The van der Waals surface area contributed by atoms with E-state index in [-0.39, 0.29) is 5.88 Å². The van der Waals surface area contributed by atoms with Crippen molar-refractivity contribution in [1.29, 1.82) is 5.26 Å². The highest BCUT2D eigenvalue weighted by Gasteiger charge is 2.13. The van der Waals surface area contributed by atoms with Gasteiger partial charge in [0, 0.05) is 13.7 Å². The van der Waals surface area contributed by atoms with Gasteiger partial charge in [-0.25, -0.2) is 0 Å². The van der Waals surface area contributed by atoms with Gasteiger partial charge in [0.1, 0.15) is 0 Å². The molecule has 0 aliphatic carbocycles. The van der Waals surface area contributed by atoms with Crippen molar-refractivity contribution in [2.75, 3.05) is 17.7 Å². The van der Waals surface area contributed by atoms with Gasteiger partial charge >= 0.3 is 0 Å². The number of alkyl halides is 1. The van der Waals surface area contributed by atoms with Crippen LogP contribution in [-0.4, -0.2) is 23.6 Å². The van der Waals surface area contributed by atoms with Gasteiger partial charge in [-0.2, -0.15) is 5.26 Å². The molecule has 0 radical (unpaired) electrons. The molecule has 0 heterocycles. The summed E-state index contributed by atoms with van der Waals surface area (Å²) < 4.78 is 1.98. The molecule has 0 bridgehead atoms. The van der Waals surface area contributed by atoms with E-state index in [1.54, 1.807) is 0 Å². The van der Waals surface area contributed by atoms with E-state index in [0.29, 0.717) is 12.1 Å². The predicted molar refractivity (Wildman–Crippen MR) is 86.5 cm³/mol. The fraction of sp³-hybridized carbons (Fsp3) is 0.364. The van der Waals surface area contributed by atoms with Crippen LogP contribution in [0.25, 0.3) is 0 Å². The molecule has 0 aliphatic rings. The molecule has 0 amide bonds. The number of nitrogens with zero attached hydrogens (tertiary/aromatic N) is 1. The second-order valence-electron chi connectivity index (χ2n) is 3.52. The third kappa shape index (κ3) is 3.84. The fourth-order valence-electron chi connectivity index (χ4n) is 1.27. The standard InChI is InChI=1S/C11H11ClI2N2O/c1-6-7(4-15)2-9(13)11(10(6)14)16-5-8(17)3-12/h2,8,16-17H,3,5H2,1H3. The summed E-state index contributed by atoms with van der Waals surface area (Å²) in [5.41, 5.74) is 2.59. The van der Waals surface area contributed by atoms with Crippen LogP contribution in [0, 0.1) is 25.4 Å². The Kier molecular flexibility index (Phi) is 6.26. The first-order valence-corrected chi connectivity index (χ1v) is 7.57. The van der Waals surface area contributed by atoms with Gasteiger partial charge in [-0.15, -0.1) is 11.6 Å². The predicted octanol–water partition coefficient (Wildman–Crippen LogP) is 3.09. The van der Waals surface area contributed by atoms with E-state index in [9.17, 15) is 5.11 Å². The van der Waals surface area contributed by atoms with Crippen molar-refractivity contribution in [3.8, 4) is 6.07 Å². The Bertz CT molecular complexity index is 460. The lowest BCUT2D eigenvalue weighted by Gasteiger charge is -2.15. The first-order chi connectivity index (χ1) is 8.01. The van der Waals surface area contributed by atoms with Crippen molar-refractivity contribution in [3.63, 3.8) is 0 Å². The molecule has 0 aromatic heterocycles. The van der Waals surface area contributed by atoms with Gasteiger partial charge in [0.25, 0.3) is 0 Å². The Morgan fingerprint density at radius 3 is 2.76 bits per heavy atom. The zero-order valence-corrected chi connectivity index (χ0v) is 14.2. The van der Waals surface area contributed by atoms with Crippen LogP contribution >= 0.6 is 56.8 Å². The minimum Gasteiger partial charge on any atom is -0.390 e. The molecule has 1 aromatic carbocycles. The van der Waals surface area contributed by atoms with Crippen molar-refractivity contribution < 1.29 is 5.11 Å². The molecular weight excluding hydrogens is 465 g/mol. The molecule has 1 unspecified atom stereocenters. The highest BCUT2D eigenvalue weighted by Crippen LogP contribution is 2.30. The summed E-state index contributed by atoms with van der Waals surface area (Å²) in [6.07, 6.45) is -0.570. The number of anilines is 1. The maximum atomic E-state index is 9.42. The molecule has 0 spiro atoms. The monoisotopic (exact) mass is 476 g/mol. The molecule has 0 fully saturated rings. The number of halogens is 3. The Labute approximate surface area is 133 Å². The van der Waals surface area contributed by atoms with E-state index in [0.717, 1.165) is 18.4 Å². The summed E-state index contributed by atoms with van der Waals surface area (Å²) in [4.78, 5) is 0. The second kappa shape index (κ2) is 6.97. The molecule has 2 N–H and O–H groups in total. The number of benzene rings is 1. The van der Waals surface area contributed by atoms with Crippen LogP contribution in [0.3, 0.4) is 0 Å². The lowest BCUT2D eigenvalue weighted by Crippen LogP contribution is -2.21. The van der Waals surface area contributed by atoms with E-state index >= 15 is 0 Å². The summed E-state index contributed by atoms with van der Waals surface area (Å²) >= 11 is 9.92. The van der Waals surface area contributed by atoms with Gasteiger partial charge in [0.15, 0.2) is 0 Å². The van der Waals surface area contributed by atoms with Crippen LogP contribution in [0.1, 0.15) is 11.1 Å². The van der Waals surface area contributed by atoms with Crippen LogP contribution in [0.2, 0.25) is 0 Å². The number of aliphatic hydroxyl groups is 1. The Balaban J connectivity index is 3.01. The van der Waals surface area contributed by atoms with Crippen LogP contribution in [0.4, 0.5) is 5.69 Å². The summed E-state index contributed by atoms with van der Waals surface area (Å²) in [5.74, 6) is 0.204. The zero-order chi connectivity index (χ0) is 13.0. The van der Waals surface area contributed by atoms with E-state index in [4.69, 9.17) is 16.9 Å². The van der Waals surface area contributed by atoms with Crippen molar-refractivity contribution in [3.05, 3.63) is 24.3 Å². The van der Waals surface area contributed by atoms with Gasteiger partial charge < -0.3 is 10.4 Å². The average Bonchev–Trinajstić information content (AvgIpc) is 2.33. The highest BCUT2D eigenvalue weighted by atomic mass is 127. The first kappa shape index (κ1) is 15.3. The van der Waals surface area contributed by atoms with Crippen molar-refractivity contribution in [2.45, 2.75) is 13.0 Å². The van der Waals surface area contributed by atoms with Crippen molar-refractivity contribution in [1.82, 2.24) is 0 Å². The topological polar surface area (TPSA) is 56.0 Å². The number of nitrogens with one attached hydrogen (secondary N) is 1. The average molecular weight is 476 g/mol. The van der Waals surface area contributed by atoms with Gasteiger partial charge in [-0.3, -0.25) is 0 Å². The molecule has 0 aliphatic heterocycles. The maximum absolute atomic E-state index is 9.42. The molecule has 17 heavy (non-hydrogen) atoms. The molecular formula is C11H11ClI2N2O. The lowest BCUT2D eigenvalue weighted by molar-refractivity contribution is 0.211. The second-order valence-corrected chi connectivity index (χ2v) is 6.07. The maximum Gasteiger partial charge on any atom is 0.0995 e. The highest BCUT2D eigenvalue weighted by molar-refractivity contribution is 14.1. The summed E-state index contributed by atoms with van der Waals surface area (Å²) in [7, 11) is 0. The van der Waals surface area contributed by atoms with Crippen LogP contribution < -0.4 is 5.32 Å². The summed E-state index contributed by atoms with van der Waals surface area (Å²) in [6, 6.07) is 4.01. The van der Waals surface area contributed by atoms with Gasteiger partial charge in [-0.05, 0) is 63.7 Å². The normalized spacial score (nSPS) is 12.0. The molecule has 0 saturated carbocycles. The molecule has 1 atom stereocenters. The minimum absolute atomic E-state index is 0.204. The smallest absolute Gasteiger partial charge is 0.0995 e. The van der Waals surface area contributed by atoms with E-state index in [1.807, 2.05) is 13.0 Å². The van der Waals surface area contributed by atoms with E-state index < -0.39 is 6.10 Å². The number of nitriles is 1. The minimum atomic E-state index is -0.570. The molecule has 0 saturated heterocycles. The number of aliphatic hydroxyl groups excluding tert-OH is 1.